The molecule has 25 heavy (non-hydrogen) atoms. The summed E-state index contributed by atoms with van der Waals surface area (Å²) in [6.45, 7) is 6.95. The highest BCUT2D eigenvalue weighted by Crippen LogP contribution is 2.30. The second-order valence-corrected chi connectivity index (χ2v) is 7.62. The smallest absolute Gasteiger partial charge is 0.221 e. The molecule has 0 aliphatic heterocycles. The number of fused-ring (bicyclic) bond motifs is 1. The van der Waals surface area contributed by atoms with E-state index in [1.54, 1.807) is 0 Å². The molecule has 0 heterocycles. The van der Waals surface area contributed by atoms with Gasteiger partial charge in [-0.15, -0.1) is 0 Å². The van der Waals surface area contributed by atoms with Crippen molar-refractivity contribution in [1.29, 1.82) is 0 Å². The van der Waals surface area contributed by atoms with E-state index in [2.05, 4.69) is 66.5 Å². The summed E-state index contributed by atoms with van der Waals surface area (Å²) in [5.74, 6) is 0.818. The van der Waals surface area contributed by atoms with Crippen LogP contribution in [0.1, 0.15) is 45.1 Å². The number of carbonyl (C=O) groups excluding carboxylic acids is 1. The molecule has 0 saturated heterocycles. The van der Waals surface area contributed by atoms with Gasteiger partial charge in [-0.2, -0.15) is 0 Å². The summed E-state index contributed by atoms with van der Waals surface area (Å²) in [7, 11) is 0. The normalized spacial score (nSPS) is 14.4. The molecule has 1 fully saturated rings. The SMILES string of the molecule is CC(C)CCNC(=O)CCN(Cc1cccc2ccccc12)C1CC1. The number of hydrogen-bond donors (Lipinski definition) is 1. The lowest BCUT2D eigenvalue weighted by Gasteiger charge is -2.22. The van der Waals surface area contributed by atoms with Gasteiger partial charge in [0, 0.05) is 32.1 Å². The van der Waals surface area contributed by atoms with Crippen molar-refractivity contribution < 1.29 is 4.79 Å². The molecule has 1 aliphatic carbocycles. The standard InChI is InChI=1S/C22H30N2O/c1-17(2)12-14-23-22(25)13-15-24(20-10-11-20)16-19-8-5-7-18-6-3-4-9-21(18)19/h3-9,17,20H,10-16H2,1-2H3,(H,23,25). The molecule has 0 spiro atoms. The Balaban J connectivity index is 1.57. The fourth-order valence-electron chi connectivity index (χ4n) is 3.31. The van der Waals surface area contributed by atoms with Crippen molar-refractivity contribution in [3.8, 4) is 0 Å². The minimum atomic E-state index is 0.184. The maximum atomic E-state index is 12.1. The first-order valence-electron chi connectivity index (χ1n) is 9.61. The second kappa shape index (κ2) is 8.48. The fourth-order valence-corrected chi connectivity index (χ4v) is 3.31. The zero-order valence-corrected chi connectivity index (χ0v) is 15.5. The van der Waals surface area contributed by atoms with Crippen LogP contribution in [0.25, 0.3) is 10.8 Å². The zero-order valence-electron chi connectivity index (χ0n) is 15.5. The van der Waals surface area contributed by atoms with Crippen LogP contribution in [-0.2, 0) is 11.3 Å². The quantitative estimate of drug-likeness (QED) is 0.737. The molecule has 2 aromatic rings. The van der Waals surface area contributed by atoms with Crippen LogP contribution < -0.4 is 5.32 Å². The lowest BCUT2D eigenvalue weighted by Crippen LogP contribution is -2.32. The summed E-state index contributed by atoms with van der Waals surface area (Å²) in [5.41, 5.74) is 1.37. The van der Waals surface area contributed by atoms with Gasteiger partial charge < -0.3 is 5.32 Å². The lowest BCUT2D eigenvalue weighted by molar-refractivity contribution is -0.121. The van der Waals surface area contributed by atoms with Crippen LogP contribution in [0.4, 0.5) is 0 Å². The summed E-state index contributed by atoms with van der Waals surface area (Å²) in [5, 5.41) is 5.68. The zero-order chi connectivity index (χ0) is 17.6. The number of amides is 1. The molecule has 1 saturated carbocycles. The average Bonchev–Trinajstić information content (AvgIpc) is 3.43. The van der Waals surface area contributed by atoms with Crippen molar-refractivity contribution in [2.24, 2.45) is 5.92 Å². The number of nitrogens with zero attached hydrogens (tertiary/aromatic N) is 1. The molecule has 0 bridgehead atoms. The molecule has 3 heteroatoms. The predicted molar refractivity (Wildman–Crippen MR) is 104 cm³/mol. The van der Waals surface area contributed by atoms with Crippen LogP contribution in [0, 0.1) is 5.92 Å². The number of carbonyl (C=O) groups is 1. The lowest BCUT2D eigenvalue weighted by atomic mass is 10.0. The van der Waals surface area contributed by atoms with Crippen molar-refractivity contribution in [2.75, 3.05) is 13.1 Å². The van der Waals surface area contributed by atoms with E-state index in [0.29, 0.717) is 18.4 Å². The van der Waals surface area contributed by atoms with E-state index in [1.807, 2.05) is 0 Å². The van der Waals surface area contributed by atoms with Gasteiger partial charge in [0.1, 0.15) is 0 Å². The molecule has 134 valence electrons. The predicted octanol–water partition coefficient (Wildman–Crippen LogP) is 4.36. The first-order chi connectivity index (χ1) is 12.1. The third-order valence-corrected chi connectivity index (χ3v) is 4.99. The number of nitrogens with one attached hydrogen (secondary N) is 1. The van der Waals surface area contributed by atoms with Crippen LogP contribution in [0.3, 0.4) is 0 Å². The molecule has 3 nitrogen and oxygen atoms in total. The van der Waals surface area contributed by atoms with E-state index < -0.39 is 0 Å². The van der Waals surface area contributed by atoms with Gasteiger partial charge in [0.25, 0.3) is 0 Å². The van der Waals surface area contributed by atoms with E-state index in [9.17, 15) is 4.79 Å². The monoisotopic (exact) mass is 338 g/mol. The van der Waals surface area contributed by atoms with Gasteiger partial charge >= 0.3 is 0 Å². The van der Waals surface area contributed by atoms with Crippen molar-refractivity contribution in [1.82, 2.24) is 10.2 Å². The van der Waals surface area contributed by atoms with E-state index >= 15 is 0 Å². The molecule has 1 N–H and O–H groups in total. The molecular formula is C22H30N2O. The first-order valence-corrected chi connectivity index (χ1v) is 9.61. The number of hydrogen-bond acceptors (Lipinski definition) is 2. The molecule has 0 radical (unpaired) electrons. The maximum absolute atomic E-state index is 12.1. The van der Waals surface area contributed by atoms with E-state index in [0.717, 1.165) is 26.1 Å². The molecular weight excluding hydrogens is 308 g/mol. The molecule has 2 aromatic carbocycles. The minimum Gasteiger partial charge on any atom is -0.356 e. The van der Waals surface area contributed by atoms with Gasteiger partial charge in [-0.05, 0) is 41.5 Å². The minimum absolute atomic E-state index is 0.184. The van der Waals surface area contributed by atoms with Crippen LogP contribution in [0.2, 0.25) is 0 Å². The largest absolute Gasteiger partial charge is 0.356 e. The molecule has 0 unspecified atom stereocenters. The second-order valence-electron chi connectivity index (χ2n) is 7.62. The Hall–Kier alpha value is -1.87. The van der Waals surface area contributed by atoms with Gasteiger partial charge in [-0.1, -0.05) is 56.3 Å². The third-order valence-electron chi connectivity index (χ3n) is 4.99. The Morgan fingerprint density at radius 3 is 2.68 bits per heavy atom. The van der Waals surface area contributed by atoms with Gasteiger partial charge in [-0.3, -0.25) is 9.69 Å². The summed E-state index contributed by atoms with van der Waals surface area (Å²) in [4.78, 5) is 14.6. The molecule has 0 atom stereocenters. The molecule has 3 rings (SSSR count). The van der Waals surface area contributed by atoms with E-state index in [4.69, 9.17) is 0 Å². The van der Waals surface area contributed by atoms with Gasteiger partial charge in [0.2, 0.25) is 5.91 Å². The summed E-state index contributed by atoms with van der Waals surface area (Å²) in [6.07, 6.45) is 4.17. The highest BCUT2D eigenvalue weighted by atomic mass is 16.1. The first kappa shape index (κ1) is 17.9. The summed E-state index contributed by atoms with van der Waals surface area (Å²) in [6, 6.07) is 15.8. The van der Waals surface area contributed by atoms with E-state index in [1.165, 1.54) is 29.2 Å². The highest BCUT2D eigenvalue weighted by molar-refractivity contribution is 5.85. The molecule has 1 amide bonds. The summed E-state index contributed by atoms with van der Waals surface area (Å²) < 4.78 is 0. The Kier molecular flexibility index (Phi) is 6.09. The molecule has 0 aromatic heterocycles. The van der Waals surface area contributed by atoms with Gasteiger partial charge in [-0.25, -0.2) is 0 Å². The number of benzene rings is 2. The average molecular weight is 338 g/mol. The Morgan fingerprint density at radius 2 is 1.92 bits per heavy atom. The van der Waals surface area contributed by atoms with Crippen molar-refractivity contribution in [3.63, 3.8) is 0 Å². The number of rotatable bonds is 9. The third kappa shape index (κ3) is 5.30. The topological polar surface area (TPSA) is 32.3 Å². The highest BCUT2D eigenvalue weighted by Gasteiger charge is 2.29. The van der Waals surface area contributed by atoms with Gasteiger partial charge in [0.05, 0.1) is 0 Å². The Labute approximate surface area is 151 Å². The molecule has 1 aliphatic rings. The Bertz CT molecular complexity index is 701. The maximum Gasteiger partial charge on any atom is 0.221 e. The van der Waals surface area contributed by atoms with Crippen molar-refractivity contribution >= 4 is 16.7 Å². The van der Waals surface area contributed by atoms with Gasteiger partial charge in [0.15, 0.2) is 0 Å². The van der Waals surface area contributed by atoms with Crippen molar-refractivity contribution in [2.45, 2.75) is 52.1 Å². The van der Waals surface area contributed by atoms with Crippen LogP contribution in [-0.4, -0.2) is 29.9 Å². The fraction of sp³-hybridized carbons (Fsp3) is 0.500. The van der Waals surface area contributed by atoms with Crippen LogP contribution >= 0.6 is 0 Å². The Morgan fingerprint density at radius 1 is 1.16 bits per heavy atom. The van der Waals surface area contributed by atoms with E-state index in [-0.39, 0.29) is 5.91 Å². The van der Waals surface area contributed by atoms with Crippen LogP contribution in [0.5, 0.6) is 0 Å². The summed E-state index contributed by atoms with van der Waals surface area (Å²) >= 11 is 0. The van der Waals surface area contributed by atoms with Crippen molar-refractivity contribution in [3.05, 3.63) is 48.0 Å². The van der Waals surface area contributed by atoms with Crippen LogP contribution in [0.15, 0.2) is 42.5 Å².